The molecule has 35 heavy (non-hydrogen) atoms. The van der Waals surface area contributed by atoms with Crippen molar-refractivity contribution in [2.75, 3.05) is 19.7 Å². The lowest BCUT2D eigenvalue weighted by Gasteiger charge is -2.34. The van der Waals surface area contributed by atoms with Crippen molar-refractivity contribution in [3.8, 4) is 0 Å². The summed E-state index contributed by atoms with van der Waals surface area (Å²) in [5, 5.41) is 12.6. The maximum Gasteiger partial charge on any atom is 0.408 e. The minimum atomic E-state index is -1.01. The average Bonchev–Trinajstić information content (AvgIpc) is 3.29. The lowest BCUT2D eigenvalue weighted by molar-refractivity contribution is -0.147. The highest BCUT2D eigenvalue weighted by Crippen LogP contribution is 2.21. The van der Waals surface area contributed by atoms with Crippen LogP contribution in [0.2, 0.25) is 0 Å². The molecule has 0 radical (unpaired) electrons. The second kappa shape index (κ2) is 11.5. The van der Waals surface area contributed by atoms with Gasteiger partial charge in [0.25, 0.3) is 0 Å². The molecule has 1 aromatic heterocycles. The zero-order valence-electron chi connectivity index (χ0n) is 19.3. The van der Waals surface area contributed by atoms with Gasteiger partial charge in [-0.25, -0.2) is 9.59 Å². The van der Waals surface area contributed by atoms with E-state index in [2.05, 4.69) is 10.3 Å². The molecule has 0 aliphatic carbocycles. The standard InChI is InChI=1S/C26H29N3O6/c30-24(31)17-34-20-10-12-29(13-11-20)25(32)23(14-19-15-27-22-9-5-4-8-21(19)22)28-26(33)35-16-18-6-2-1-3-7-18/h1-9,15,20,23,27H,10-14,16-17H2,(H,28,33)(H,30,31)/t23-/m0/s1. The molecule has 9 heteroatoms. The highest BCUT2D eigenvalue weighted by atomic mass is 16.5. The van der Waals surface area contributed by atoms with E-state index in [1.807, 2.05) is 60.8 Å². The Bertz CT molecular complexity index is 1150. The number of hydrogen-bond donors (Lipinski definition) is 3. The number of fused-ring (bicyclic) bond motifs is 1. The molecule has 1 fully saturated rings. The second-order valence-corrected chi connectivity index (χ2v) is 8.55. The number of H-pyrrole nitrogens is 1. The van der Waals surface area contributed by atoms with Crippen LogP contribution in [0.1, 0.15) is 24.0 Å². The number of aromatic amines is 1. The quantitative estimate of drug-likeness (QED) is 0.434. The maximum atomic E-state index is 13.5. The molecule has 2 heterocycles. The van der Waals surface area contributed by atoms with Crippen LogP contribution in [0.5, 0.6) is 0 Å². The number of amides is 2. The molecule has 1 atom stereocenters. The first-order chi connectivity index (χ1) is 17.0. The summed E-state index contributed by atoms with van der Waals surface area (Å²) in [5.74, 6) is -1.22. The molecule has 2 aromatic carbocycles. The van der Waals surface area contributed by atoms with E-state index in [0.29, 0.717) is 32.4 Å². The van der Waals surface area contributed by atoms with Gasteiger partial charge in [0.05, 0.1) is 6.10 Å². The van der Waals surface area contributed by atoms with Gasteiger partial charge in [-0.1, -0.05) is 48.5 Å². The van der Waals surface area contributed by atoms with E-state index < -0.39 is 18.1 Å². The summed E-state index contributed by atoms with van der Waals surface area (Å²) in [6, 6.07) is 16.3. The number of ether oxygens (including phenoxy) is 2. The Morgan fingerprint density at radius 1 is 1.06 bits per heavy atom. The molecule has 0 spiro atoms. The monoisotopic (exact) mass is 479 g/mol. The normalized spacial score (nSPS) is 15.0. The van der Waals surface area contributed by atoms with Crippen molar-refractivity contribution < 1.29 is 29.0 Å². The summed E-state index contributed by atoms with van der Waals surface area (Å²) in [7, 11) is 0. The van der Waals surface area contributed by atoms with Crippen LogP contribution in [0.4, 0.5) is 4.79 Å². The van der Waals surface area contributed by atoms with Crippen LogP contribution >= 0.6 is 0 Å². The fourth-order valence-corrected chi connectivity index (χ4v) is 4.28. The predicted molar refractivity (Wildman–Crippen MR) is 129 cm³/mol. The van der Waals surface area contributed by atoms with Crippen LogP contribution in [-0.2, 0) is 32.1 Å². The summed E-state index contributed by atoms with van der Waals surface area (Å²) in [4.78, 5) is 41.7. The van der Waals surface area contributed by atoms with Crippen molar-refractivity contribution in [1.29, 1.82) is 0 Å². The number of benzene rings is 2. The van der Waals surface area contributed by atoms with Gasteiger partial charge in [0.15, 0.2) is 0 Å². The molecule has 2 amide bonds. The summed E-state index contributed by atoms with van der Waals surface area (Å²) in [6.45, 7) is 0.603. The molecular weight excluding hydrogens is 450 g/mol. The molecule has 1 aliphatic rings. The van der Waals surface area contributed by atoms with Gasteiger partial charge in [0.2, 0.25) is 5.91 Å². The Hall–Kier alpha value is -3.85. The van der Waals surface area contributed by atoms with Crippen LogP contribution in [-0.4, -0.2) is 64.8 Å². The number of piperidine rings is 1. The van der Waals surface area contributed by atoms with Gasteiger partial charge in [-0.05, 0) is 30.0 Å². The molecule has 184 valence electrons. The molecule has 1 aliphatic heterocycles. The number of carbonyl (C=O) groups is 3. The van der Waals surface area contributed by atoms with Crippen LogP contribution in [0, 0.1) is 0 Å². The van der Waals surface area contributed by atoms with Crippen molar-refractivity contribution >= 4 is 28.9 Å². The first-order valence-electron chi connectivity index (χ1n) is 11.6. The Morgan fingerprint density at radius 2 is 1.77 bits per heavy atom. The van der Waals surface area contributed by atoms with E-state index in [1.54, 1.807) is 4.90 Å². The minimum absolute atomic E-state index is 0.104. The van der Waals surface area contributed by atoms with Crippen LogP contribution < -0.4 is 5.32 Å². The summed E-state index contributed by atoms with van der Waals surface area (Å²) >= 11 is 0. The zero-order valence-corrected chi connectivity index (χ0v) is 19.3. The fraction of sp³-hybridized carbons (Fsp3) is 0.346. The summed E-state index contributed by atoms with van der Waals surface area (Å²) < 4.78 is 10.7. The number of alkyl carbamates (subject to hydrolysis) is 1. The number of aromatic nitrogens is 1. The molecule has 0 bridgehead atoms. The van der Waals surface area contributed by atoms with Gasteiger partial charge < -0.3 is 29.8 Å². The second-order valence-electron chi connectivity index (χ2n) is 8.55. The number of para-hydroxylation sites is 1. The number of aliphatic carboxylic acids is 1. The predicted octanol–water partition coefficient (Wildman–Crippen LogP) is 3.10. The van der Waals surface area contributed by atoms with Gasteiger partial charge in [-0.2, -0.15) is 0 Å². The van der Waals surface area contributed by atoms with Gasteiger partial charge >= 0.3 is 12.1 Å². The molecule has 3 aromatic rings. The average molecular weight is 480 g/mol. The van der Waals surface area contributed by atoms with Crippen LogP contribution in [0.25, 0.3) is 10.9 Å². The first kappa shape index (κ1) is 24.3. The van der Waals surface area contributed by atoms with Crippen LogP contribution in [0.3, 0.4) is 0 Å². The third kappa shape index (κ3) is 6.60. The number of carboxylic acid groups (broad SMARTS) is 1. The highest BCUT2D eigenvalue weighted by Gasteiger charge is 2.31. The lowest BCUT2D eigenvalue weighted by atomic mass is 10.0. The number of hydrogen-bond acceptors (Lipinski definition) is 5. The van der Waals surface area contributed by atoms with Crippen LogP contribution in [0.15, 0.2) is 60.8 Å². The van der Waals surface area contributed by atoms with Gasteiger partial charge in [0, 0.05) is 36.6 Å². The molecule has 9 nitrogen and oxygen atoms in total. The number of nitrogens with zero attached hydrogens (tertiary/aromatic N) is 1. The SMILES string of the molecule is O=C(O)COC1CCN(C(=O)[C@H](Cc2c[nH]c3ccccc23)NC(=O)OCc2ccccc2)CC1. The summed E-state index contributed by atoms with van der Waals surface area (Å²) in [5.41, 5.74) is 2.73. The minimum Gasteiger partial charge on any atom is -0.480 e. The number of rotatable bonds is 9. The third-order valence-corrected chi connectivity index (χ3v) is 6.10. The maximum absolute atomic E-state index is 13.5. The first-order valence-corrected chi connectivity index (χ1v) is 11.6. The number of nitrogens with one attached hydrogen (secondary N) is 2. The van der Waals surface area contributed by atoms with Gasteiger partial charge in [-0.15, -0.1) is 0 Å². The molecule has 0 saturated carbocycles. The van der Waals surface area contributed by atoms with E-state index in [1.165, 1.54) is 0 Å². The Morgan fingerprint density at radius 3 is 2.51 bits per heavy atom. The number of carbonyl (C=O) groups excluding carboxylic acids is 2. The molecule has 4 rings (SSSR count). The highest BCUT2D eigenvalue weighted by molar-refractivity contribution is 5.88. The molecule has 1 saturated heterocycles. The van der Waals surface area contributed by atoms with Crippen molar-refractivity contribution in [2.45, 2.75) is 38.0 Å². The smallest absolute Gasteiger partial charge is 0.408 e. The van der Waals surface area contributed by atoms with E-state index in [9.17, 15) is 14.4 Å². The van der Waals surface area contributed by atoms with E-state index in [-0.39, 0.29) is 25.2 Å². The van der Waals surface area contributed by atoms with Gasteiger partial charge in [-0.3, -0.25) is 4.79 Å². The molecular formula is C26H29N3O6. The number of carboxylic acids is 1. The summed E-state index contributed by atoms with van der Waals surface area (Å²) in [6.07, 6.45) is 2.37. The fourth-order valence-electron chi connectivity index (χ4n) is 4.28. The zero-order chi connectivity index (χ0) is 24.6. The Balaban J connectivity index is 1.42. The lowest BCUT2D eigenvalue weighted by Crippen LogP contribution is -2.52. The van der Waals surface area contributed by atoms with E-state index >= 15 is 0 Å². The van der Waals surface area contributed by atoms with Gasteiger partial charge in [0.1, 0.15) is 19.3 Å². The number of likely N-dealkylation sites (tertiary alicyclic amines) is 1. The Labute approximate surface area is 203 Å². The van der Waals surface area contributed by atoms with Crippen molar-refractivity contribution in [3.05, 3.63) is 71.9 Å². The Kier molecular flexibility index (Phi) is 7.99. The largest absolute Gasteiger partial charge is 0.480 e. The topological polar surface area (TPSA) is 121 Å². The van der Waals surface area contributed by atoms with Crippen molar-refractivity contribution in [1.82, 2.24) is 15.2 Å². The third-order valence-electron chi connectivity index (χ3n) is 6.10. The van der Waals surface area contributed by atoms with Crippen molar-refractivity contribution in [3.63, 3.8) is 0 Å². The van der Waals surface area contributed by atoms with E-state index in [0.717, 1.165) is 22.0 Å². The molecule has 0 unspecified atom stereocenters. The van der Waals surface area contributed by atoms with E-state index in [4.69, 9.17) is 14.6 Å². The van der Waals surface area contributed by atoms with Crippen molar-refractivity contribution in [2.24, 2.45) is 0 Å². The molecule has 3 N–H and O–H groups in total.